The lowest BCUT2D eigenvalue weighted by Crippen LogP contribution is -2.31. The van der Waals surface area contributed by atoms with Crippen LogP contribution in [0.25, 0.3) is 0 Å². The molecular weight excluding hydrogens is 254 g/mol. The smallest absolute Gasteiger partial charge is 0.240 e. The highest BCUT2D eigenvalue weighted by Gasteiger charge is 2.20. The van der Waals surface area contributed by atoms with Crippen LogP contribution >= 0.6 is 0 Å². The highest BCUT2D eigenvalue weighted by atomic mass is 32.2. The molecule has 0 saturated carbocycles. The molecule has 100 valence electrons. The molecule has 1 aromatic carbocycles. The van der Waals surface area contributed by atoms with E-state index in [9.17, 15) is 8.42 Å². The average Bonchev–Trinajstić information content (AvgIpc) is 2.90. The third kappa shape index (κ3) is 3.29. The van der Waals surface area contributed by atoms with Crippen molar-refractivity contribution in [1.82, 2.24) is 4.72 Å². The molecule has 18 heavy (non-hydrogen) atoms. The first-order valence-corrected chi connectivity index (χ1v) is 7.41. The van der Waals surface area contributed by atoms with E-state index in [1.165, 1.54) is 12.1 Å². The highest BCUT2D eigenvalue weighted by Crippen LogP contribution is 2.14. The summed E-state index contributed by atoms with van der Waals surface area (Å²) in [7, 11) is -3.52. The first-order chi connectivity index (χ1) is 8.62. The van der Waals surface area contributed by atoms with Gasteiger partial charge in [0, 0.05) is 13.2 Å². The lowest BCUT2D eigenvalue weighted by Gasteiger charge is -2.11. The first kappa shape index (κ1) is 13.5. The Morgan fingerprint density at radius 3 is 2.94 bits per heavy atom. The summed E-state index contributed by atoms with van der Waals surface area (Å²) in [5.41, 5.74) is 0.579. The van der Waals surface area contributed by atoms with E-state index in [-0.39, 0.29) is 17.6 Å². The minimum absolute atomic E-state index is 0.0270. The maximum atomic E-state index is 12.0. The summed E-state index contributed by atoms with van der Waals surface area (Å²) in [4.78, 5) is 0.173. The first-order valence-electron chi connectivity index (χ1n) is 5.93. The van der Waals surface area contributed by atoms with Gasteiger partial charge >= 0.3 is 0 Å². The second-order valence-electron chi connectivity index (χ2n) is 4.29. The second-order valence-corrected chi connectivity index (χ2v) is 6.06. The molecule has 2 N–H and O–H groups in total. The number of aliphatic hydroxyl groups is 1. The van der Waals surface area contributed by atoms with Gasteiger partial charge in [0.1, 0.15) is 0 Å². The lowest BCUT2D eigenvalue weighted by molar-refractivity contribution is 0.114. The van der Waals surface area contributed by atoms with Gasteiger partial charge in [0.05, 0.1) is 17.6 Å². The summed E-state index contributed by atoms with van der Waals surface area (Å²) in [6, 6.07) is 6.28. The quantitative estimate of drug-likeness (QED) is 0.824. The van der Waals surface area contributed by atoms with Gasteiger partial charge in [-0.3, -0.25) is 0 Å². The zero-order valence-corrected chi connectivity index (χ0v) is 10.8. The Morgan fingerprint density at radius 2 is 2.28 bits per heavy atom. The Morgan fingerprint density at radius 1 is 1.44 bits per heavy atom. The summed E-state index contributed by atoms with van der Waals surface area (Å²) in [5, 5.41) is 9.00. The van der Waals surface area contributed by atoms with Crippen molar-refractivity contribution in [3.8, 4) is 0 Å². The molecule has 1 fully saturated rings. The van der Waals surface area contributed by atoms with Crippen molar-refractivity contribution >= 4 is 10.0 Å². The molecule has 1 unspecified atom stereocenters. The van der Waals surface area contributed by atoms with Crippen molar-refractivity contribution in [3.63, 3.8) is 0 Å². The zero-order valence-electron chi connectivity index (χ0n) is 10.0. The van der Waals surface area contributed by atoms with Crippen molar-refractivity contribution in [2.24, 2.45) is 0 Å². The van der Waals surface area contributed by atoms with Gasteiger partial charge < -0.3 is 9.84 Å². The van der Waals surface area contributed by atoms with Crippen LogP contribution in [-0.2, 0) is 21.4 Å². The van der Waals surface area contributed by atoms with E-state index in [0.29, 0.717) is 18.7 Å². The van der Waals surface area contributed by atoms with Crippen LogP contribution in [0.15, 0.2) is 29.2 Å². The second kappa shape index (κ2) is 5.79. The number of ether oxygens (including phenoxy) is 1. The molecule has 1 heterocycles. The highest BCUT2D eigenvalue weighted by molar-refractivity contribution is 7.89. The molecule has 1 saturated heterocycles. The summed E-state index contributed by atoms with van der Waals surface area (Å²) in [5.74, 6) is 0. The number of aliphatic hydroxyl groups excluding tert-OH is 1. The van der Waals surface area contributed by atoms with Crippen LogP contribution in [0.5, 0.6) is 0 Å². The molecule has 0 spiro atoms. The van der Waals surface area contributed by atoms with Crippen LogP contribution < -0.4 is 4.72 Å². The van der Waals surface area contributed by atoms with Crippen LogP contribution in [-0.4, -0.2) is 32.8 Å². The molecule has 5 nitrogen and oxygen atoms in total. The monoisotopic (exact) mass is 271 g/mol. The van der Waals surface area contributed by atoms with E-state index in [2.05, 4.69) is 4.72 Å². The fraction of sp³-hybridized carbons (Fsp3) is 0.500. The summed E-state index contributed by atoms with van der Waals surface area (Å²) >= 11 is 0. The predicted octanol–water partition coefficient (Wildman–Crippen LogP) is 0.636. The molecular formula is C12H17NO4S. The molecule has 6 heteroatoms. The molecule has 0 amide bonds. The Balaban J connectivity index is 2.04. The molecule has 0 bridgehead atoms. The van der Waals surface area contributed by atoms with Crippen molar-refractivity contribution in [2.45, 2.75) is 30.4 Å². The largest absolute Gasteiger partial charge is 0.392 e. The van der Waals surface area contributed by atoms with Gasteiger partial charge in [-0.05, 0) is 30.5 Å². The minimum Gasteiger partial charge on any atom is -0.392 e. The molecule has 0 aliphatic carbocycles. The topological polar surface area (TPSA) is 75.6 Å². The molecule has 0 aromatic heterocycles. The SMILES string of the molecule is O=S(=O)(NCC1CCCO1)c1cccc(CO)c1. The average molecular weight is 271 g/mol. The Kier molecular flexibility index (Phi) is 4.34. The van der Waals surface area contributed by atoms with Gasteiger partial charge in [-0.15, -0.1) is 0 Å². The van der Waals surface area contributed by atoms with Gasteiger partial charge in [-0.25, -0.2) is 13.1 Å². The number of rotatable bonds is 5. The van der Waals surface area contributed by atoms with E-state index < -0.39 is 10.0 Å². The summed E-state index contributed by atoms with van der Waals surface area (Å²) in [6.45, 7) is 0.827. The molecule has 1 aromatic rings. The standard InChI is InChI=1S/C12H17NO4S/c14-9-10-3-1-5-12(7-10)18(15,16)13-8-11-4-2-6-17-11/h1,3,5,7,11,13-14H,2,4,6,8-9H2. The van der Waals surface area contributed by atoms with Crippen LogP contribution in [0, 0.1) is 0 Å². The van der Waals surface area contributed by atoms with Gasteiger partial charge in [-0.1, -0.05) is 12.1 Å². The Labute approximate surface area is 107 Å². The Bertz CT molecular complexity index is 495. The van der Waals surface area contributed by atoms with Crippen molar-refractivity contribution in [3.05, 3.63) is 29.8 Å². The van der Waals surface area contributed by atoms with Crippen molar-refractivity contribution < 1.29 is 18.3 Å². The third-order valence-corrected chi connectivity index (χ3v) is 4.34. The van der Waals surface area contributed by atoms with E-state index >= 15 is 0 Å². The molecule has 2 rings (SSSR count). The van der Waals surface area contributed by atoms with Crippen molar-refractivity contribution in [2.75, 3.05) is 13.2 Å². The van der Waals surface area contributed by atoms with Crippen LogP contribution in [0.4, 0.5) is 0 Å². The number of hydrogen-bond donors (Lipinski definition) is 2. The predicted molar refractivity (Wildman–Crippen MR) is 66.5 cm³/mol. The van der Waals surface area contributed by atoms with Crippen LogP contribution in [0.1, 0.15) is 18.4 Å². The molecule has 0 radical (unpaired) electrons. The van der Waals surface area contributed by atoms with Crippen LogP contribution in [0.2, 0.25) is 0 Å². The fourth-order valence-electron chi connectivity index (χ4n) is 1.90. The van der Waals surface area contributed by atoms with Gasteiger partial charge in [-0.2, -0.15) is 0 Å². The maximum absolute atomic E-state index is 12.0. The van der Waals surface area contributed by atoms with E-state index in [4.69, 9.17) is 9.84 Å². The number of sulfonamides is 1. The zero-order chi connectivity index (χ0) is 13.0. The Hall–Kier alpha value is -0.950. The molecule has 1 aliphatic rings. The van der Waals surface area contributed by atoms with Crippen LogP contribution in [0.3, 0.4) is 0 Å². The molecule has 1 aliphatic heterocycles. The van der Waals surface area contributed by atoms with Crippen molar-refractivity contribution in [1.29, 1.82) is 0 Å². The fourth-order valence-corrected chi connectivity index (χ4v) is 3.04. The molecule has 1 atom stereocenters. The summed E-state index contributed by atoms with van der Waals surface area (Å²) in [6.07, 6.45) is 1.84. The van der Waals surface area contributed by atoms with Gasteiger partial charge in [0.2, 0.25) is 10.0 Å². The van der Waals surface area contributed by atoms with E-state index in [1.54, 1.807) is 12.1 Å². The van der Waals surface area contributed by atoms with Gasteiger partial charge in [0.25, 0.3) is 0 Å². The summed E-state index contributed by atoms with van der Waals surface area (Å²) < 4.78 is 31.9. The number of benzene rings is 1. The third-order valence-electron chi connectivity index (χ3n) is 2.92. The van der Waals surface area contributed by atoms with E-state index in [1.807, 2.05) is 0 Å². The maximum Gasteiger partial charge on any atom is 0.240 e. The number of hydrogen-bond acceptors (Lipinski definition) is 4. The minimum atomic E-state index is -3.52. The lowest BCUT2D eigenvalue weighted by atomic mass is 10.2. The number of nitrogens with one attached hydrogen (secondary N) is 1. The van der Waals surface area contributed by atoms with Gasteiger partial charge in [0.15, 0.2) is 0 Å². The normalized spacial score (nSPS) is 20.2. The van der Waals surface area contributed by atoms with E-state index in [0.717, 1.165) is 12.8 Å².